The van der Waals surface area contributed by atoms with Crippen LogP contribution in [0.3, 0.4) is 0 Å². The first-order chi connectivity index (χ1) is 9.40. The van der Waals surface area contributed by atoms with Gasteiger partial charge in [-0.2, -0.15) is 0 Å². The lowest BCUT2D eigenvalue weighted by Gasteiger charge is -2.24. The molecular weight excluding hydrogens is 326 g/mol. The molecule has 1 aromatic rings. The van der Waals surface area contributed by atoms with Crippen LogP contribution in [0.2, 0.25) is 0 Å². The molecule has 110 valence electrons. The highest BCUT2D eigenvalue weighted by atomic mass is 79.9. The van der Waals surface area contributed by atoms with Gasteiger partial charge in [-0.15, -0.1) is 0 Å². The summed E-state index contributed by atoms with van der Waals surface area (Å²) in [5.74, 6) is -0.382. The average Bonchev–Trinajstić information content (AvgIpc) is 2.45. The van der Waals surface area contributed by atoms with Crippen LogP contribution in [0.4, 0.5) is 0 Å². The first-order valence-electron chi connectivity index (χ1n) is 6.15. The number of oxime groups is 1. The minimum atomic E-state index is -0.257. The highest BCUT2D eigenvalue weighted by Crippen LogP contribution is 2.25. The van der Waals surface area contributed by atoms with E-state index in [1.54, 1.807) is 24.0 Å². The van der Waals surface area contributed by atoms with Crippen molar-refractivity contribution in [2.24, 2.45) is 16.8 Å². The highest BCUT2D eigenvalue weighted by molar-refractivity contribution is 9.10. The van der Waals surface area contributed by atoms with E-state index in [2.05, 4.69) is 21.1 Å². The summed E-state index contributed by atoms with van der Waals surface area (Å²) in [6.07, 6.45) is 0. The van der Waals surface area contributed by atoms with E-state index >= 15 is 0 Å². The number of hydrogen-bond acceptors (Lipinski definition) is 4. The second-order valence-electron chi connectivity index (χ2n) is 4.44. The van der Waals surface area contributed by atoms with Crippen molar-refractivity contribution in [2.75, 3.05) is 13.1 Å². The Hall–Kier alpha value is -1.76. The topological polar surface area (TPSA) is 99.1 Å². The molecule has 0 saturated carbocycles. The average molecular weight is 344 g/mol. The van der Waals surface area contributed by atoms with Gasteiger partial charge in [0, 0.05) is 24.6 Å². The minimum absolute atomic E-state index is 0.0105. The van der Waals surface area contributed by atoms with Crippen LogP contribution in [-0.4, -0.2) is 40.0 Å². The summed E-state index contributed by atoms with van der Waals surface area (Å²) in [5.41, 5.74) is 5.91. The van der Waals surface area contributed by atoms with Gasteiger partial charge in [-0.1, -0.05) is 12.1 Å². The molecule has 20 heavy (non-hydrogen) atoms. The monoisotopic (exact) mass is 343 g/mol. The molecule has 1 unspecified atom stereocenters. The molecule has 0 aliphatic rings. The molecule has 1 amide bonds. The summed E-state index contributed by atoms with van der Waals surface area (Å²) in [7, 11) is 0. The predicted octanol–water partition coefficient (Wildman–Crippen LogP) is 2.00. The van der Waals surface area contributed by atoms with Crippen molar-refractivity contribution in [1.82, 2.24) is 4.90 Å². The molecule has 6 nitrogen and oxygen atoms in total. The van der Waals surface area contributed by atoms with Crippen molar-refractivity contribution in [1.29, 1.82) is 0 Å². The van der Waals surface area contributed by atoms with Gasteiger partial charge >= 0.3 is 0 Å². The van der Waals surface area contributed by atoms with Crippen molar-refractivity contribution >= 4 is 27.7 Å². The number of amidine groups is 1. The third-order valence-electron chi connectivity index (χ3n) is 2.98. The molecule has 1 atom stereocenters. The van der Waals surface area contributed by atoms with Gasteiger partial charge in [-0.3, -0.25) is 4.79 Å². The molecule has 1 rings (SSSR count). The molecule has 0 heterocycles. The molecule has 0 aliphatic heterocycles. The minimum Gasteiger partial charge on any atom is -0.507 e. The summed E-state index contributed by atoms with van der Waals surface area (Å²) in [6.45, 7) is 4.43. The van der Waals surface area contributed by atoms with Crippen molar-refractivity contribution in [2.45, 2.75) is 13.8 Å². The van der Waals surface area contributed by atoms with Crippen LogP contribution < -0.4 is 5.73 Å². The fourth-order valence-electron chi connectivity index (χ4n) is 1.71. The summed E-state index contributed by atoms with van der Waals surface area (Å²) in [4.78, 5) is 13.9. The summed E-state index contributed by atoms with van der Waals surface area (Å²) < 4.78 is 0.530. The standard InChI is InChI=1S/C13H18BrN3O3/c1-3-17(7-8(2)12(15)16-20)13(19)9-4-5-10(14)11(18)6-9/h4-6,8,18,20H,3,7H2,1-2H3,(H2,15,16). The Bertz CT molecular complexity index is 520. The largest absolute Gasteiger partial charge is 0.507 e. The van der Waals surface area contributed by atoms with Crippen LogP contribution in [0.5, 0.6) is 5.75 Å². The van der Waals surface area contributed by atoms with E-state index in [-0.39, 0.29) is 23.4 Å². The Morgan fingerprint density at radius 1 is 1.55 bits per heavy atom. The maximum atomic E-state index is 12.3. The van der Waals surface area contributed by atoms with E-state index < -0.39 is 0 Å². The van der Waals surface area contributed by atoms with E-state index in [1.165, 1.54) is 6.07 Å². The third-order valence-corrected chi connectivity index (χ3v) is 3.65. The molecule has 0 aromatic heterocycles. The SMILES string of the molecule is CCN(CC(C)/C(N)=N/O)C(=O)c1ccc(Br)c(O)c1. The van der Waals surface area contributed by atoms with Gasteiger partial charge in [0.1, 0.15) is 11.6 Å². The summed E-state index contributed by atoms with van der Waals surface area (Å²) in [6, 6.07) is 4.65. The van der Waals surface area contributed by atoms with Crippen LogP contribution in [-0.2, 0) is 0 Å². The van der Waals surface area contributed by atoms with Crippen LogP contribution in [0.25, 0.3) is 0 Å². The number of aromatic hydroxyl groups is 1. The van der Waals surface area contributed by atoms with Crippen molar-refractivity contribution in [3.63, 3.8) is 0 Å². The van der Waals surface area contributed by atoms with E-state index in [9.17, 15) is 9.90 Å². The summed E-state index contributed by atoms with van der Waals surface area (Å²) >= 11 is 3.17. The number of carbonyl (C=O) groups excluding carboxylic acids is 1. The van der Waals surface area contributed by atoms with Gasteiger partial charge in [0.05, 0.1) is 4.47 Å². The number of nitrogens with zero attached hydrogens (tertiary/aromatic N) is 2. The second-order valence-corrected chi connectivity index (χ2v) is 5.29. The molecule has 7 heteroatoms. The maximum Gasteiger partial charge on any atom is 0.254 e. The number of carbonyl (C=O) groups is 1. The number of rotatable bonds is 5. The molecule has 0 fully saturated rings. The van der Waals surface area contributed by atoms with E-state index in [0.29, 0.717) is 23.1 Å². The molecule has 1 aromatic carbocycles. The Kier molecular flexibility index (Phi) is 5.82. The van der Waals surface area contributed by atoms with Crippen molar-refractivity contribution in [3.05, 3.63) is 28.2 Å². The van der Waals surface area contributed by atoms with E-state index in [1.807, 2.05) is 6.92 Å². The van der Waals surface area contributed by atoms with Crippen molar-refractivity contribution < 1.29 is 15.1 Å². The van der Waals surface area contributed by atoms with Gasteiger partial charge in [-0.05, 0) is 41.1 Å². The van der Waals surface area contributed by atoms with Crippen molar-refractivity contribution in [3.8, 4) is 5.75 Å². The van der Waals surface area contributed by atoms with Crippen LogP contribution in [0.1, 0.15) is 24.2 Å². The fourth-order valence-corrected chi connectivity index (χ4v) is 1.95. The Balaban J connectivity index is 2.89. The molecule has 4 N–H and O–H groups in total. The fraction of sp³-hybridized carbons (Fsp3) is 0.385. The third kappa shape index (κ3) is 3.86. The number of halogens is 1. The predicted molar refractivity (Wildman–Crippen MR) is 80.0 cm³/mol. The van der Waals surface area contributed by atoms with Gasteiger partial charge in [0.25, 0.3) is 5.91 Å². The lowest BCUT2D eigenvalue weighted by atomic mass is 10.1. The number of benzene rings is 1. The molecular formula is C13H18BrN3O3. The Morgan fingerprint density at radius 3 is 2.70 bits per heavy atom. The normalized spacial score (nSPS) is 13.1. The van der Waals surface area contributed by atoms with E-state index in [0.717, 1.165) is 0 Å². The zero-order chi connectivity index (χ0) is 15.3. The lowest BCUT2D eigenvalue weighted by Crippen LogP contribution is -2.38. The zero-order valence-electron chi connectivity index (χ0n) is 11.4. The number of nitrogens with two attached hydrogens (primary N) is 1. The smallest absolute Gasteiger partial charge is 0.254 e. The highest BCUT2D eigenvalue weighted by Gasteiger charge is 2.19. The number of phenolic OH excluding ortho intramolecular Hbond substituents is 1. The second kappa shape index (κ2) is 7.14. The number of phenols is 1. The van der Waals surface area contributed by atoms with Crippen LogP contribution >= 0.6 is 15.9 Å². The van der Waals surface area contributed by atoms with E-state index in [4.69, 9.17) is 10.9 Å². The molecule has 0 spiro atoms. The summed E-state index contributed by atoms with van der Waals surface area (Å²) in [5, 5.41) is 21.2. The van der Waals surface area contributed by atoms with Crippen LogP contribution in [0, 0.1) is 5.92 Å². The Labute approximate surface area is 126 Å². The first-order valence-corrected chi connectivity index (χ1v) is 6.95. The first kappa shape index (κ1) is 16.3. The quantitative estimate of drug-likeness (QED) is 0.329. The van der Waals surface area contributed by atoms with Gasteiger partial charge < -0.3 is 20.9 Å². The lowest BCUT2D eigenvalue weighted by molar-refractivity contribution is 0.0753. The molecule has 0 saturated heterocycles. The van der Waals surface area contributed by atoms with Gasteiger partial charge in [0.2, 0.25) is 0 Å². The maximum absolute atomic E-state index is 12.3. The molecule has 0 radical (unpaired) electrons. The van der Waals surface area contributed by atoms with Crippen LogP contribution in [0.15, 0.2) is 27.8 Å². The van der Waals surface area contributed by atoms with Gasteiger partial charge in [0.15, 0.2) is 0 Å². The molecule has 0 bridgehead atoms. The number of amides is 1. The zero-order valence-corrected chi connectivity index (χ0v) is 13.0. The number of hydrogen-bond donors (Lipinski definition) is 3. The molecule has 0 aliphatic carbocycles. The van der Waals surface area contributed by atoms with Gasteiger partial charge in [-0.25, -0.2) is 0 Å². The Morgan fingerprint density at radius 2 is 2.20 bits per heavy atom.